The number of halogens is 1. The third-order valence-corrected chi connectivity index (χ3v) is 3.83. The van der Waals surface area contributed by atoms with Gasteiger partial charge in [-0.3, -0.25) is 0 Å². The summed E-state index contributed by atoms with van der Waals surface area (Å²) in [5, 5.41) is 6.33. The molecule has 0 spiro atoms. The van der Waals surface area contributed by atoms with Gasteiger partial charge in [-0.25, -0.2) is 0 Å². The van der Waals surface area contributed by atoms with Crippen LogP contribution >= 0.6 is 11.6 Å². The van der Waals surface area contributed by atoms with E-state index in [0.717, 1.165) is 40.6 Å². The van der Waals surface area contributed by atoms with Crippen LogP contribution < -0.4 is 10.1 Å². The first-order valence-electron chi connectivity index (χ1n) is 6.85. The smallest absolute Gasteiger partial charge is 0.127 e. The number of hydrogen-bond acceptors (Lipinski definition) is 2. The summed E-state index contributed by atoms with van der Waals surface area (Å²) in [6, 6.07) is 11.9. The van der Waals surface area contributed by atoms with E-state index in [1.165, 1.54) is 12.8 Å². The van der Waals surface area contributed by atoms with E-state index < -0.39 is 0 Å². The summed E-state index contributed by atoms with van der Waals surface area (Å²) in [7, 11) is 0. The van der Waals surface area contributed by atoms with Gasteiger partial charge in [0.15, 0.2) is 0 Å². The molecule has 0 aliphatic heterocycles. The van der Waals surface area contributed by atoms with Crippen molar-refractivity contribution < 1.29 is 4.74 Å². The van der Waals surface area contributed by atoms with Crippen LogP contribution in [0.2, 0.25) is 5.02 Å². The number of hydrogen-bond donors (Lipinski definition) is 1. The van der Waals surface area contributed by atoms with Crippen LogP contribution in [0.1, 0.15) is 12.8 Å². The predicted molar refractivity (Wildman–Crippen MR) is 80.0 cm³/mol. The third kappa shape index (κ3) is 3.20. The van der Waals surface area contributed by atoms with E-state index in [-0.39, 0.29) is 0 Å². The summed E-state index contributed by atoms with van der Waals surface area (Å²) < 4.78 is 5.86. The van der Waals surface area contributed by atoms with Crippen molar-refractivity contribution in [1.29, 1.82) is 0 Å². The first-order chi connectivity index (χ1) is 9.34. The lowest BCUT2D eigenvalue weighted by atomic mass is 10.1. The molecule has 1 aliphatic carbocycles. The maximum atomic E-state index is 6.19. The molecule has 0 bridgehead atoms. The summed E-state index contributed by atoms with van der Waals surface area (Å²) >= 11 is 6.19. The Kier molecular flexibility index (Phi) is 3.90. The zero-order valence-electron chi connectivity index (χ0n) is 10.9. The largest absolute Gasteiger partial charge is 0.492 e. The molecule has 2 aromatic rings. The Balaban J connectivity index is 1.61. The van der Waals surface area contributed by atoms with Crippen molar-refractivity contribution in [1.82, 2.24) is 5.32 Å². The molecule has 0 saturated heterocycles. The SMILES string of the molecule is Clc1ccc(OCCNCC2CC2)c2ccccc12. The molecule has 1 saturated carbocycles. The Morgan fingerprint density at radius 3 is 2.68 bits per heavy atom. The number of benzene rings is 2. The second kappa shape index (κ2) is 5.81. The van der Waals surface area contributed by atoms with Crippen LogP contribution in [-0.4, -0.2) is 19.7 Å². The van der Waals surface area contributed by atoms with Gasteiger partial charge in [0.25, 0.3) is 0 Å². The van der Waals surface area contributed by atoms with Gasteiger partial charge in [-0.15, -0.1) is 0 Å². The molecule has 0 heterocycles. The van der Waals surface area contributed by atoms with Gasteiger partial charge in [0.2, 0.25) is 0 Å². The Bertz CT molecular complexity index is 566. The van der Waals surface area contributed by atoms with E-state index in [2.05, 4.69) is 5.32 Å². The van der Waals surface area contributed by atoms with Crippen LogP contribution in [0, 0.1) is 5.92 Å². The molecule has 1 N–H and O–H groups in total. The minimum Gasteiger partial charge on any atom is -0.492 e. The van der Waals surface area contributed by atoms with E-state index in [0.29, 0.717) is 6.61 Å². The highest BCUT2D eigenvalue weighted by molar-refractivity contribution is 6.35. The fraction of sp³-hybridized carbons (Fsp3) is 0.375. The van der Waals surface area contributed by atoms with Crippen LogP contribution in [0.25, 0.3) is 10.8 Å². The summed E-state index contributed by atoms with van der Waals surface area (Å²) in [6.45, 7) is 2.72. The molecule has 0 unspecified atom stereocenters. The van der Waals surface area contributed by atoms with E-state index >= 15 is 0 Å². The highest BCUT2D eigenvalue weighted by Crippen LogP contribution is 2.31. The number of fused-ring (bicyclic) bond motifs is 1. The molecule has 100 valence electrons. The second-order valence-corrected chi connectivity index (χ2v) is 5.49. The van der Waals surface area contributed by atoms with Crippen LogP contribution in [0.15, 0.2) is 36.4 Å². The minimum atomic E-state index is 0.693. The Hall–Kier alpha value is -1.25. The maximum Gasteiger partial charge on any atom is 0.127 e. The lowest BCUT2D eigenvalue weighted by Crippen LogP contribution is -2.23. The minimum absolute atomic E-state index is 0.693. The van der Waals surface area contributed by atoms with Gasteiger partial charge in [-0.1, -0.05) is 35.9 Å². The van der Waals surface area contributed by atoms with Crippen LogP contribution in [0.4, 0.5) is 0 Å². The van der Waals surface area contributed by atoms with Gasteiger partial charge in [-0.05, 0) is 37.4 Å². The van der Waals surface area contributed by atoms with E-state index in [9.17, 15) is 0 Å². The second-order valence-electron chi connectivity index (χ2n) is 5.09. The fourth-order valence-electron chi connectivity index (χ4n) is 2.22. The van der Waals surface area contributed by atoms with Gasteiger partial charge in [0, 0.05) is 22.3 Å². The summed E-state index contributed by atoms with van der Waals surface area (Å²) in [6.07, 6.45) is 2.77. The third-order valence-electron chi connectivity index (χ3n) is 3.50. The Morgan fingerprint density at radius 1 is 1.11 bits per heavy atom. The number of rotatable bonds is 6. The van der Waals surface area contributed by atoms with Crippen LogP contribution in [0.5, 0.6) is 5.75 Å². The van der Waals surface area contributed by atoms with Gasteiger partial charge in [0.05, 0.1) is 0 Å². The average Bonchev–Trinajstić information content (AvgIpc) is 3.25. The molecule has 0 radical (unpaired) electrons. The Labute approximate surface area is 118 Å². The van der Waals surface area contributed by atoms with Crippen molar-refractivity contribution in [3.8, 4) is 5.75 Å². The molecule has 3 heteroatoms. The molecule has 2 nitrogen and oxygen atoms in total. The lowest BCUT2D eigenvalue weighted by molar-refractivity contribution is 0.317. The zero-order chi connectivity index (χ0) is 13.1. The fourth-order valence-corrected chi connectivity index (χ4v) is 2.45. The van der Waals surface area contributed by atoms with Crippen molar-refractivity contribution in [2.45, 2.75) is 12.8 Å². The van der Waals surface area contributed by atoms with Crippen molar-refractivity contribution in [3.63, 3.8) is 0 Å². The molecular weight excluding hydrogens is 258 g/mol. The highest BCUT2D eigenvalue weighted by Gasteiger charge is 2.19. The van der Waals surface area contributed by atoms with E-state index in [1.54, 1.807) is 0 Å². The molecule has 2 aromatic carbocycles. The van der Waals surface area contributed by atoms with E-state index in [1.807, 2.05) is 36.4 Å². The maximum absolute atomic E-state index is 6.19. The van der Waals surface area contributed by atoms with Crippen molar-refractivity contribution in [2.75, 3.05) is 19.7 Å². The quantitative estimate of drug-likeness (QED) is 0.808. The molecular formula is C16H18ClNO. The molecule has 0 aromatic heterocycles. The van der Waals surface area contributed by atoms with Gasteiger partial charge >= 0.3 is 0 Å². The van der Waals surface area contributed by atoms with Crippen LogP contribution in [0.3, 0.4) is 0 Å². The molecule has 19 heavy (non-hydrogen) atoms. The van der Waals surface area contributed by atoms with E-state index in [4.69, 9.17) is 16.3 Å². The molecule has 3 rings (SSSR count). The zero-order valence-corrected chi connectivity index (χ0v) is 11.6. The first-order valence-corrected chi connectivity index (χ1v) is 7.23. The van der Waals surface area contributed by atoms with Crippen molar-refractivity contribution in [3.05, 3.63) is 41.4 Å². The summed E-state index contributed by atoms with van der Waals surface area (Å²) in [5.41, 5.74) is 0. The predicted octanol–water partition coefficient (Wildman–Crippen LogP) is 3.87. The first kappa shape index (κ1) is 12.8. The van der Waals surface area contributed by atoms with Crippen LogP contribution in [-0.2, 0) is 0 Å². The Morgan fingerprint density at radius 2 is 1.89 bits per heavy atom. The summed E-state index contributed by atoms with van der Waals surface area (Å²) in [5.74, 6) is 1.82. The number of ether oxygens (including phenoxy) is 1. The molecule has 1 fully saturated rings. The van der Waals surface area contributed by atoms with Crippen molar-refractivity contribution >= 4 is 22.4 Å². The molecule has 0 atom stereocenters. The normalized spacial score (nSPS) is 14.8. The highest BCUT2D eigenvalue weighted by atomic mass is 35.5. The lowest BCUT2D eigenvalue weighted by Gasteiger charge is -2.10. The van der Waals surface area contributed by atoms with Gasteiger partial charge in [0.1, 0.15) is 12.4 Å². The standard InChI is InChI=1S/C16H18ClNO/c17-15-7-8-16(14-4-2-1-3-13(14)15)19-10-9-18-11-12-5-6-12/h1-4,7-8,12,18H,5-6,9-11H2. The van der Waals surface area contributed by atoms with Crippen molar-refractivity contribution in [2.24, 2.45) is 5.92 Å². The summed E-state index contributed by atoms with van der Waals surface area (Å²) in [4.78, 5) is 0. The van der Waals surface area contributed by atoms with Gasteiger partial charge < -0.3 is 10.1 Å². The molecule has 0 amide bonds. The topological polar surface area (TPSA) is 21.3 Å². The number of nitrogens with one attached hydrogen (secondary N) is 1. The van der Waals surface area contributed by atoms with Gasteiger partial charge in [-0.2, -0.15) is 0 Å². The molecule has 1 aliphatic rings. The average molecular weight is 276 g/mol. The monoisotopic (exact) mass is 275 g/mol.